The zero-order chi connectivity index (χ0) is 11.2. The zero-order valence-corrected chi connectivity index (χ0v) is 10.1. The van der Waals surface area contributed by atoms with E-state index < -0.39 is 0 Å². The summed E-state index contributed by atoms with van der Waals surface area (Å²) in [6.07, 6.45) is 6.44. The molecule has 0 bridgehead atoms. The van der Waals surface area contributed by atoms with Crippen LogP contribution in [0.25, 0.3) is 0 Å². The topological polar surface area (TPSA) is 47.3 Å². The highest BCUT2D eigenvalue weighted by Gasteiger charge is 2.16. The first-order valence-corrected chi connectivity index (χ1v) is 6.59. The van der Waals surface area contributed by atoms with Crippen molar-refractivity contribution in [3.8, 4) is 0 Å². The molecule has 0 radical (unpaired) electrons. The minimum atomic E-state index is 0.183. The summed E-state index contributed by atoms with van der Waals surface area (Å²) >= 11 is 1.82. The second-order valence-corrected chi connectivity index (χ2v) is 4.97. The summed E-state index contributed by atoms with van der Waals surface area (Å²) in [6, 6.07) is 4.46. The van der Waals surface area contributed by atoms with Crippen LogP contribution in [-0.2, 0) is 11.2 Å². The minimum Gasteiger partial charge on any atom is -0.496 e. The van der Waals surface area contributed by atoms with E-state index >= 15 is 0 Å². The van der Waals surface area contributed by atoms with Crippen LogP contribution in [0.1, 0.15) is 24.1 Å². The monoisotopic (exact) mass is 238 g/mol. The van der Waals surface area contributed by atoms with Gasteiger partial charge in [-0.2, -0.15) is 0 Å². The van der Waals surface area contributed by atoms with Crippen molar-refractivity contribution in [1.82, 2.24) is 5.43 Å². The normalized spacial score (nSPS) is 16.9. The van der Waals surface area contributed by atoms with Crippen molar-refractivity contribution in [1.29, 1.82) is 0 Å². The molecule has 1 aliphatic heterocycles. The van der Waals surface area contributed by atoms with Crippen molar-refractivity contribution in [2.45, 2.75) is 31.7 Å². The molecule has 88 valence electrons. The molecule has 16 heavy (non-hydrogen) atoms. The number of hydrazine groups is 1. The molecule has 1 unspecified atom stereocenters. The summed E-state index contributed by atoms with van der Waals surface area (Å²) in [5.74, 6) is 6.57. The zero-order valence-electron chi connectivity index (χ0n) is 9.32. The van der Waals surface area contributed by atoms with Crippen molar-refractivity contribution in [2.75, 3.05) is 6.61 Å². The molecule has 1 atom stereocenters. The standard InChI is InChI=1S/C12H18N2OS/c13-14-11(12-7-2-8-15-12)6-1-4-10-5-3-9-16-10/h3,5,7,9,11,14H,1-2,4,6,8,13H2. The van der Waals surface area contributed by atoms with Crippen molar-refractivity contribution < 1.29 is 4.74 Å². The van der Waals surface area contributed by atoms with Crippen LogP contribution >= 0.6 is 11.3 Å². The number of nitrogens with two attached hydrogens (primary N) is 1. The van der Waals surface area contributed by atoms with Crippen molar-refractivity contribution in [2.24, 2.45) is 5.84 Å². The number of rotatable bonds is 6. The van der Waals surface area contributed by atoms with E-state index in [1.165, 1.54) is 4.88 Å². The first-order chi connectivity index (χ1) is 7.90. The fourth-order valence-corrected chi connectivity index (χ4v) is 2.67. The lowest BCUT2D eigenvalue weighted by atomic mass is 10.1. The lowest BCUT2D eigenvalue weighted by molar-refractivity contribution is 0.211. The van der Waals surface area contributed by atoms with E-state index in [2.05, 4.69) is 29.0 Å². The third-order valence-electron chi connectivity index (χ3n) is 2.77. The Morgan fingerprint density at radius 2 is 2.50 bits per heavy atom. The van der Waals surface area contributed by atoms with E-state index in [4.69, 9.17) is 10.6 Å². The summed E-state index contributed by atoms with van der Waals surface area (Å²) in [7, 11) is 0. The van der Waals surface area contributed by atoms with Gasteiger partial charge in [0.1, 0.15) is 5.76 Å². The van der Waals surface area contributed by atoms with Crippen LogP contribution < -0.4 is 11.3 Å². The molecule has 3 nitrogen and oxygen atoms in total. The fraction of sp³-hybridized carbons (Fsp3) is 0.500. The average molecular weight is 238 g/mol. The van der Waals surface area contributed by atoms with Crippen molar-refractivity contribution >= 4 is 11.3 Å². The van der Waals surface area contributed by atoms with Crippen molar-refractivity contribution in [3.05, 3.63) is 34.2 Å². The Morgan fingerprint density at radius 3 is 3.12 bits per heavy atom. The number of aryl methyl sites for hydroxylation is 1. The van der Waals surface area contributed by atoms with Gasteiger partial charge in [-0.3, -0.25) is 5.84 Å². The Hall–Kier alpha value is -0.840. The molecule has 0 aromatic carbocycles. The Balaban J connectivity index is 1.75. The van der Waals surface area contributed by atoms with E-state index in [1.54, 1.807) is 0 Å². The maximum atomic E-state index is 5.54. The number of hydrogen-bond donors (Lipinski definition) is 2. The molecule has 0 fully saturated rings. The molecule has 1 aromatic heterocycles. The van der Waals surface area contributed by atoms with Gasteiger partial charge >= 0.3 is 0 Å². The molecule has 2 rings (SSSR count). The van der Waals surface area contributed by atoms with Gasteiger partial charge in [-0.05, 0) is 36.8 Å². The van der Waals surface area contributed by atoms with Gasteiger partial charge in [0.2, 0.25) is 0 Å². The molecular weight excluding hydrogens is 220 g/mol. The molecule has 1 aliphatic rings. The minimum absolute atomic E-state index is 0.183. The Labute approximate surface area is 100 Å². The quantitative estimate of drug-likeness (QED) is 0.590. The maximum Gasteiger partial charge on any atom is 0.110 e. The van der Waals surface area contributed by atoms with Crippen LogP contribution in [-0.4, -0.2) is 12.6 Å². The smallest absolute Gasteiger partial charge is 0.110 e. The van der Waals surface area contributed by atoms with Crippen LogP contribution in [0.3, 0.4) is 0 Å². The summed E-state index contributed by atoms with van der Waals surface area (Å²) in [6.45, 7) is 0.804. The average Bonchev–Trinajstić information content (AvgIpc) is 2.96. The largest absolute Gasteiger partial charge is 0.496 e. The van der Waals surface area contributed by atoms with Gasteiger partial charge in [-0.15, -0.1) is 11.3 Å². The Morgan fingerprint density at radius 1 is 1.56 bits per heavy atom. The summed E-state index contributed by atoms with van der Waals surface area (Å²) in [4.78, 5) is 1.44. The van der Waals surface area contributed by atoms with Crippen LogP contribution in [0, 0.1) is 0 Å². The van der Waals surface area contributed by atoms with E-state index in [9.17, 15) is 0 Å². The highest BCUT2D eigenvalue weighted by atomic mass is 32.1. The van der Waals surface area contributed by atoms with Crippen LogP contribution in [0.15, 0.2) is 29.3 Å². The van der Waals surface area contributed by atoms with Gasteiger partial charge in [0.15, 0.2) is 0 Å². The number of nitrogens with one attached hydrogen (secondary N) is 1. The van der Waals surface area contributed by atoms with Gasteiger partial charge in [0.25, 0.3) is 0 Å². The number of ether oxygens (including phenoxy) is 1. The van der Waals surface area contributed by atoms with Gasteiger partial charge in [0.05, 0.1) is 12.6 Å². The van der Waals surface area contributed by atoms with Crippen LogP contribution in [0.2, 0.25) is 0 Å². The van der Waals surface area contributed by atoms with Gasteiger partial charge in [-0.25, -0.2) is 5.43 Å². The van der Waals surface area contributed by atoms with Gasteiger partial charge in [0, 0.05) is 11.3 Å². The molecule has 0 aliphatic carbocycles. The Kier molecular flexibility index (Phi) is 4.39. The van der Waals surface area contributed by atoms with E-state index in [-0.39, 0.29) is 6.04 Å². The first kappa shape index (κ1) is 11.6. The summed E-state index contributed by atoms with van der Waals surface area (Å²) < 4.78 is 5.51. The number of hydrogen-bond acceptors (Lipinski definition) is 4. The van der Waals surface area contributed by atoms with Crippen molar-refractivity contribution in [3.63, 3.8) is 0 Å². The molecule has 0 amide bonds. The third-order valence-corrected chi connectivity index (χ3v) is 3.71. The van der Waals surface area contributed by atoms with Gasteiger partial charge in [-0.1, -0.05) is 6.07 Å². The SMILES string of the molecule is NNC(CCCc1cccs1)C1=CCCO1. The summed E-state index contributed by atoms with van der Waals surface area (Å²) in [5.41, 5.74) is 2.83. The van der Waals surface area contributed by atoms with E-state index in [1.807, 2.05) is 11.3 Å². The molecule has 0 saturated carbocycles. The molecule has 1 aromatic rings. The maximum absolute atomic E-state index is 5.54. The molecule has 0 saturated heterocycles. The molecule has 2 heterocycles. The Bertz CT molecular complexity index is 335. The third kappa shape index (κ3) is 3.07. The summed E-state index contributed by atoms with van der Waals surface area (Å²) in [5, 5.41) is 2.12. The predicted octanol–water partition coefficient (Wildman–Crippen LogP) is 2.21. The molecule has 4 heteroatoms. The van der Waals surface area contributed by atoms with Crippen LogP contribution in [0.5, 0.6) is 0 Å². The van der Waals surface area contributed by atoms with E-state index in [0.29, 0.717) is 0 Å². The first-order valence-electron chi connectivity index (χ1n) is 5.71. The highest BCUT2D eigenvalue weighted by molar-refractivity contribution is 7.09. The predicted molar refractivity (Wildman–Crippen MR) is 67.0 cm³/mol. The second-order valence-electron chi connectivity index (χ2n) is 3.93. The lowest BCUT2D eigenvalue weighted by Gasteiger charge is -2.16. The second kappa shape index (κ2) is 6.03. The fourth-order valence-electron chi connectivity index (χ4n) is 1.92. The lowest BCUT2D eigenvalue weighted by Crippen LogP contribution is -2.36. The molecule has 0 spiro atoms. The number of thiophene rings is 1. The van der Waals surface area contributed by atoms with Gasteiger partial charge < -0.3 is 4.74 Å². The molecule has 3 N–H and O–H groups in total. The highest BCUT2D eigenvalue weighted by Crippen LogP contribution is 2.18. The van der Waals surface area contributed by atoms with Crippen LogP contribution in [0.4, 0.5) is 0 Å². The van der Waals surface area contributed by atoms with E-state index in [0.717, 1.165) is 38.0 Å². The molecular formula is C12H18N2OS.